The fourth-order valence-corrected chi connectivity index (χ4v) is 3.95. The minimum absolute atomic E-state index is 0.523. The number of nitrogens with zero attached hydrogens (tertiary/aromatic N) is 4. The Morgan fingerprint density at radius 1 is 1.11 bits per heavy atom. The van der Waals surface area contributed by atoms with Crippen molar-refractivity contribution < 1.29 is 0 Å². The maximum absolute atomic E-state index is 5.26. The van der Waals surface area contributed by atoms with Gasteiger partial charge < -0.3 is 20.4 Å². The molecule has 1 atom stereocenters. The van der Waals surface area contributed by atoms with Gasteiger partial charge in [0.2, 0.25) is 5.95 Å². The molecule has 0 saturated carbocycles. The van der Waals surface area contributed by atoms with Crippen LogP contribution in [0.2, 0.25) is 0 Å². The fraction of sp³-hybridized carbons (Fsp3) is 0.450. The maximum atomic E-state index is 5.26. The van der Waals surface area contributed by atoms with Gasteiger partial charge in [-0.2, -0.15) is 9.97 Å². The molecule has 3 heterocycles. The Labute approximate surface area is 166 Å². The minimum atomic E-state index is 0.523. The normalized spacial score (nSPS) is 19.0. The number of benzene rings is 1. The molecule has 2 aliphatic heterocycles. The first-order chi connectivity index (χ1) is 13.1. The third kappa shape index (κ3) is 3.98. The van der Waals surface area contributed by atoms with E-state index in [1.807, 2.05) is 0 Å². The zero-order valence-electron chi connectivity index (χ0n) is 15.9. The number of fused-ring (bicyclic) bond motifs is 1. The molecule has 0 amide bonds. The molecule has 142 valence electrons. The van der Waals surface area contributed by atoms with Crippen molar-refractivity contribution in [3.63, 3.8) is 0 Å². The van der Waals surface area contributed by atoms with E-state index in [0.717, 1.165) is 37.8 Å². The molecule has 2 aromatic rings. The summed E-state index contributed by atoms with van der Waals surface area (Å²) in [5.41, 5.74) is 2.73. The topological polar surface area (TPSA) is 56.3 Å². The van der Waals surface area contributed by atoms with E-state index >= 15 is 0 Å². The standard InChI is InChI=1S/C20H26N6S/c1-14-6-5-9-25(11-14)17-10-18(23-19(22-17)24-20(27)21-2)26-12-15-7-3-4-8-16(15)13-26/h3-4,7-8,10,14H,5-6,9,11-13H2,1-2H3,(H2,21,22,23,24,27). The zero-order chi connectivity index (χ0) is 18.8. The molecule has 1 saturated heterocycles. The Balaban J connectivity index is 1.65. The summed E-state index contributed by atoms with van der Waals surface area (Å²) in [4.78, 5) is 14.2. The lowest BCUT2D eigenvalue weighted by Crippen LogP contribution is -2.35. The van der Waals surface area contributed by atoms with Crippen molar-refractivity contribution >= 4 is 34.9 Å². The predicted molar refractivity (Wildman–Crippen MR) is 114 cm³/mol. The average molecular weight is 383 g/mol. The Morgan fingerprint density at radius 3 is 2.41 bits per heavy atom. The third-order valence-electron chi connectivity index (χ3n) is 5.30. The number of nitrogens with one attached hydrogen (secondary N) is 2. The van der Waals surface area contributed by atoms with Gasteiger partial charge in [-0.15, -0.1) is 0 Å². The summed E-state index contributed by atoms with van der Waals surface area (Å²) >= 11 is 5.26. The van der Waals surface area contributed by atoms with Gasteiger partial charge in [-0.05, 0) is 42.1 Å². The molecule has 4 rings (SSSR count). The minimum Gasteiger partial charge on any atom is -0.365 e. The van der Waals surface area contributed by atoms with Crippen molar-refractivity contribution in [3.05, 3.63) is 41.5 Å². The van der Waals surface area contributed by atoms with Crippen LogP contribution in [0.4, 0.5) is 17.6 Å². The van der Waals surface area contributed by atoms with Crippen LogP contribution in [0.25, 0.3) is 0 Å². The van der Waals surface area contributed by atoms with Gasteiger partial charge in [0.25, 0.3) is 0 Å². The molecule has 1 unspecified atom stereocenters. The van der Waals surface area contributed by atoms with E-state index in [2.05, 4.69) is 57.7 Å². The molecule has 6 nitrogen and oxygen atoms in total. The molecule has 2 aliphatic rings. The smallest absolute Gasteiger partial charge is 0.232 e. The van der Waals surface area contributed by atoms with Gasteiger partial charge in [0.05, 0.1) is 0 Å². The highest BCUT2D eigenvalue weighted by Gasteiger charge is 2.24. The molecule has 0 radical (unpaired) electrons. The second kappa shape index (κ2) is 7.68. The Kier molecular flexibility index (Phi) is 5.11. The van der Waals surface area contributed by atoms with Gasteiger partial charge in [-0.25, -0.2) is 0 Å². The van der Waals surface area contributed by atoms with E-state index in [4.69, 9.17) is 22.2 Å². The first kappa shape index (κ1) is 18.0. The Bertz CT molecular complexity index is 814. The number of thiocarbonyl (C=S) groups is 1. The van der Waals surface area contributed by atoms with Gasteiger partial charge in [0.15, 0.2) is 5.11 Å². The van der Waals surface area contributed by atoms with Gasteiger partial charge in [-0.1, -0.05) is 31.2 Å². The van der Waals surface area contributed by atoms with E-state index in [1.165, 1.54) is 24.0 Å². The van der Waals surface area contributed by atoms with Gasteiger partial charge in [0, 0.05) is 39.3 Å². The fourth-order valence-electron chi connectivity index (χ4n) is 3.86. The van der Waals surface area contributed by atoms with Crippen molar-refractivity contribution in [2.75, 3.05) is 35.3 Å². The van der Waals surface area contributed by atoms with Crippen LogP contribution in [-0.2, 0) is 13.1 Å². The molecule has 0 spiro atoms. The van der Waals surface area contributed by atoms with E-state index in [-0.39, 0.29) is 0 Å². The predicted octanol–water partition coefficient (Wildman–Crippen LogP) is 3.15. The van der Waals surface area contributed by atoms with E-state index in [0.29, 0.717) is 17.0 Å². The zero-order valence-corrected chi connectivity index (χ0v) is 16.7. The van der Waals surface area contributed by atoms with E-state index in [1.54, 1.807) is 7.05 Å². The molecule has 7 heteroatoms. The lowest BCUT2D eigenvalue weighted by molar-refractivity contribution is 0.444. The maximum Gasteiger partial charge on any atom is 0.232 e. The monoisotopic (exact) mass is 382 g/mol. The second-order valence-electron chi connectivity index (χ2n) is 7.43. The molecule has 1 fully saturated rings. The van der Waals surface area contributed by atoms with E-state index < -0.39 is 0 Å². The summed E-state index contributed by atoms with van der Waals surface area (Å²) in [7, 11) is 1.80. The van der Waals surface area contributed by atoms with Crippen LogP contribution >= 0.6 is 12.2 Å². The van der Waals surface area contributed by atoms with Crippen LogP contribution in [-0.4, -0.2) is 35.2 Å². The summed E-state index contributed by atoms with van der Waals surface area (Å²) < 4.78 is 0. The summed E-state index contributed by atoms with van der Waals surface area (Å²) in [6.07, 6.45) is 2.48. The van der Waals surface area contributed by atoms with Gasteiger partial charge in [0.1, 0.15) is 11.6 Å². The molecule has 2 N–H and O–H groups in total. The average Bonchev–Trinajstić information content (AvgIpc) is 3.12. The van der Waals surface area contributed by atoms with Crippen molar-refractivity contribution in [3.8, 4) is 0 Å². The van der Waals surface area contributed by atoms with Crippen LogP contribution in [0.3, 0.4) is 0 Å². The highest BCUT2D eigenvalue weighted by molar-refractivity contribution is 7.80. The SMILES string of the molecule is CNC(=S)Nc1nc(N2Cc3ccccc3C2)cc(N2CCCC(C)C2)n1. The third-order valence-corrected chi connectivity index (χ3v) is 5.60. The van der Waals surface area contributed by atoms with Gasteiger partial charge in [-0.3, -0.25) is 0 Å². The Morgan fingerprint density at radius 2 is 1.78 bits per heavy atom. The number of hydrogen-bond donors (Lipinski definition) is 2. The highest BCUT2D eigenvalue weighted by Crippen LogP contribution is 2.31. The van der Waals surface area contributed by atoms with Crippen LogP contribution in [0, 0.1) is 5.92 Å². The number of piperidine rings is 1. The summed E-state index contributed by atoms with van der Waals surface area (Å²) in [6.45, 7) is 6.13. The molecule has 27 heavy (non-hydrogen) atoms. The first-order valence-corrected chi connectivity index (χ1v) is 9.97. The quantitative estimate of drug-likeness (QED) is 0.791. The second-order valence-corrected chi connectivity index (χ2v) is 7.84. The van der Waals surface area contributed by atoms with Gasteiger partial charge >= 0.3 is 0 Å². The molecule has 0 aliphatic carbocycles. The number of aromatic nitrogens is 2. The van der Waals surface area contributed by atoms with Crippen LogP contribution in [0.15, 0.2) is 30.3 Å². The number of anilines is 3. The van der Waals surface area contributed by atoms with Crippen LogP contribution < -0.4 is 20.4 Å². The molecule has 1 aromatic carbocycles. The summed E-state index contributed by atoms with van der Waals surface area (Å²) in [6, 6.07) is 10.7. The van der Waals surface area contributed by atoms with Crippen molar-refractivity contribution in [2.45, 2.75) is 32.9 Å². The van der Waals surface area contributed by atoms with Crippen LogP contribution in [0.5, 0.6) is 0 Å². The van der Waals surface area contributed by atoms with Crippen molar-refractivity contribution in [2.24, 2.45) is 5.92 Å². The Hall–Kier alpha value is -2.41. The first-order valence-electron chi connectivity index (χ1n) is 9.57. The van der Waals surface area contributed by atoms with Crippen molar-refractivity contribution in [1.29, 1.82) is 0 Å². The van der Waals surface area contributed by atoms with Crippen molar-refractivity contribution in [1.82, 2.24) is 15.3 Å². The highest BCUT2D eigenvalue weighted by atomic mass is 32.1. The molecular weight excluding hydrogens is 356 g/mol. The number of rotatable bonds is 3. The summed E-state index contributed by atoms with van der Waals surface area (Å²) in [5.74, 6) is 3.15. The van der Waals surface area contributed by atoms with Crippen LogP contribution in [0.1, 0.15) is 30.9 Å². The number of hydrogen-bond acceptors (Lipinski definition) is 5. The molecule has 1 aromatic heterocycles. The summed E-state index contributed by atoms with van der Waals surface area (Å²) in [5, 5.41) is 6.57. The molecule has 0 bridgehead atoms. The van der Waals surface area contributed by atoms with E-state index in [9.17, 15) is 0 Å². The molecular formula is C20H26N6S. The lowest BCUT2D eigenvalue weighted by Gasteiger charge is -2.32. The lowest BCUT2D eigenvalue weighted by atomic mass is 10.0. The largest absolute Gasteiger partial charge is 0.365 e.